The van der Waals surface area contributed by atoms with Crippen LogP contribution in [0.5, 0.6) is 0 Å². The lowest BCUT2D eigenvalue weighted by atomic mass is 9.72. The molecule has 2 N–H and O–H groups in total. The Morgan fingerprint density at radius 1 is 1.04 bits per heavy atom. The van der Waals surface area contributed by atoms with Crippen molar-refractivity contribution in [3.63, 3.8) is 0 Å². The van der Waals surface area contributed by atoms with E-state index < -0.39 is 11.2 Å². The lowest BCUT2D eigenvalue weighted by Gasteiger charge is -2.36. The molecule has 2 unspecified atom stereocenters. The van der Waals surface area contributed by atoms with Crippen molar-refractivity contribution in [3.8, 4) is 0 Å². The standard InChI is InChI=1S/C23H26O4/c1-22(2,26)20(24)18-11-6-10-17(14-18)19-12-7-13-23(27,15-19)21(25)16-8-4-3-5-9-16/h3-6,8-11,14,19,26-27H,7,12-13,15H2,1-2H3. The van der Waals surface area contributed by atoms with Crippen LogP contribution in [-0.4, -0.2) is 33.0 Å². The van der Waals surface area contributed by atoms with Gasteiger partial charge in [0.15, 0.2) is 11.6 Å². The van der Waals surface area contributed by atoms with Gasteiger partial charge in [0.25, 0.3) is 0 Å². The second kappa shape index (κ2) is 7.37. The van der Waals surface area contributed by atoms with Crippen molar-refractivity contribution in [1.82, 2.24) is 0 Å². The summed E-state index contributed by atoms with van der Waals surface area (Å²) in [4.78, 5) is 25.2. The highest BCUT2D eigenvalue weighted by Gasteiger charge is 2.41. The highest BCUT2D eigenvalue weighted by Crippen LogP contribution is 2.40. The predicted octanol–water partition coefficient (Wildman–Crippen LogP) is 3.91. The number of carbonyl (C=O) groups is 2. The first-order valence-corrected chi connectivity index (χ1v) is 9.40. The molecule has 0 amide bonds. The largest absolute Gasteiger partial charge is 0.382 e. The number of ketones is 2. The van der Waals surface area contributed by atoms with Gasteiger partial charge in [0.1, 0.15) is 11.2 Å². The van der Waals surface area contributed by atoms with Gasteiger partial charge in [0.2, 0.25) is 0 Å². The van der Waals surface area contributed by atoms with Gasteiger partial charge in [-0.25, -0.2) is 0 Å². The van der Waals surface area contributed by atoms with E-state index in [4.69, 9.17) is 0 Å². The molecule has 0 radical (unpaired) electrons. The number of Topliss-reactive ketones (excluding diaryl/α,β-unsaturated/α-hetero) is 2. The Morgan fingerprint density at radius 3 is 2.37 bits per heavy atom. The number of rotatable bonds is 5. The van der Waals surface area contributed by atoms with Crippen molar-refractivity contribution in [2.45, 2.75) is 56.7 Å². The molecule has 142 valence electrons. The fourth-order valence-corrected chi connectivity index (χ4v) is 3.89. The van der Waals surface area contributed by atoms with Crippen molar-refractivity contribution >= 4 is 11.6 Å². The van der Waals surface area contributed by atoms with Crippen LogP contribution in [0.1, 0.15) is 71.7 Å². The molecule has 1 aliphatic carbocycles. The number of aliphatic hydroxyl groups is 2. The third-order valence-corrected chi connectivity index (χ3v) is 5.36. The number of benzene rings is 2. The molecule has 0 spiro atoms. The van der Waals surface area contributed by atoms with Crippen LogP contribution in [0.15, 0.2) is 54.6 Å². The van der Waals surface area contributed by atoms with Gasteiger partial charge in [-0.05, 0) is 57.1 Å². The summed E-state index contributed by atoms with van der Waals surface area (Å²) in [6.45, 7) is 2.94. The van der Waals surface area contributed by atoms with E-state index in [1.54, 1.807) is 42.5 Å². The average Bonchev–Trinajstić information content (AvgIpc) is 2.67. The van der Waals surface area contributed by atoms with Crippen molar-refractivity contribution in [1.29, 1.82) is 0 Å². The van der Waals surface area contributed by atoms with Crippen LogP contribution in [0.3, 0.4) is 0 Å². The molecule has 1 saturated carbocycles. The maximum atomic E-state index is 12.9. The zero-order chi connectivity index (χ0) is 19.7. The summed E-state index contributed by atoms with van der Waals surface area (Å²) in [6, 6.07) is 16.1. The maximum Gasteiger partial charge on any atom is 0.194 e. The van der Waals surface area contributed by atoms with Crippen LogP contribution in [0, 0.1) is 0 Å². The fourth-order valence-electron chi connectivity index (χ4n) is 3.89. The van der Waals surface area contributed by atoms with Gasteiger partial charge in [-0.15, -0.1) is 0 Å². The molecule has 4 heteroatoms. The summed E-state index contributed by atoms with van der Waals surface area (Å²) in [5.41, 5.74) is -0.936. The molecule has 2 atom stereocenters. The number of hydrogen-bond acceptors (Lipinski definition) is 4. The third-order valence-electron chi connectivity index (χ3n) is 5.36. The molecule has 0 heterocycles. The fraction of sp³-hybridized carbons (Fsp3) is 0.391. The van der Waals surface area contributed by atoms with Crippen molar-refractivity contribution in [3.05, 3.63) is 71.3 Å². The average molecular weight is 366 g/mol. The predicted molar refractivity (Wildman–Crippen MR) is 104 cm³/mol. The van der Waals surface area contributed by atoms with E-state index in [2.05, 4.69) is 0 Å². The minimum atomic E-state index is -1.44. The highest BCUT2D eigenvalue weighted by atomic mass is 16.3. The minimum Gasteiger partial charge on any atom is -0.382 e. The van der Waals surface area contributed by atoms with E-state index in [0.717, 1.165) is 18.4 Å². The first-order chi connectivity index (χ1) is 12.7. The number of hydrogen-bond donors (Lipinski definition) is 2. The van der Waals surface area contributed by atoms with E-state index in [9.17, 15) is 19.8 Å². The second-order valence-electron chi connectivity index (χ2n) is 8.03. The Kier molecular flexibility index (Phi) is 5.31. The smallest absolute Gasteiger partial charge is 0.194 e. The molecule has 0 bridgehead atoms. The van der Waals surface area contributed by atoms with Crippen molar-refractivity contribution in [2.75, 3.05) is 0 Å². The topological polar surface area (TPSA) is 74.6 Å². The molecule has 3 rings (SSSR count). The summed E-state index contributed by atoms with van der Waals surface area (Å²) in [5.74, 6) is -0.585. The lowest BCUT2D eigenvalue weighted by molar-refractivity contribution is 0.00667. The van der Waals surface area contributed by atoms with Crippen LogP contribution < -0.4 is 0 Å². The van der Waals surface area contributed by atoms with Crippen molar-refractivity contribution < 1.29 is 19.8 Å². The van der Waals surface area contributed by atoms with Crippen molar-refractivity contribution in [2.24, 2.45) is 0 Å². The van der Waals surface area contributed by atoms with E-state index >= 15 is 0 Å². The zero-order valence-corrected chi connectivity index (χ0v) is 15.8. The SMILES string of the molecule is CC(C)(O)C(=O)c1cccc(C2CCCC(O)(C(=O)c3ccccc3)C2)c1. The van der Waals surface area contributed by atoms with Gasteiger partial charge < -0.3 is 10.2 Å². The van der Waals surface area contributed by atoms with E-state index in [1.165, 1.54) is 13.8 Å². The summed E-state index contributed by atoms with van der Waals surface area (Å²) in [5, 5.41) is 21.1. The molecule has 0 aliphatic heterocycles. The molecule has 4 nitrogen and oxygen atoms in total. The van der Waals surface area contributed by atoms with Crippen LogP contribution >= 0.6 is 0 Å². The highest BCUT2D eigenvalue weighted by molar-refractivity contribution is 6.03. The molecule has 2 aromatic carbocycles. The minimum absolute atomic E-state index is 0.00836. The summed E-state index contributed by atoms with van der Waals surface area (Å²) >= 11 is 0. The van der Waals surface area contributed by atoms with Gasteiger partial charge in [0, 0.05) is 11.1 Å². The first-order valence-electron chi connectivity index (χ1n) is 9.40. The Balaban J connectivity index is 1.84. The van der Waals surface area contributed by atoms with Crippen LogP contribution in [0.4, 0.5) is 0 Å². The Labute approximate surface area is 159 Å². The molecule has 0 aromatic heterocycles. The monoisotopic (exact) mass is 366 g/mol. The first kappa shape index (κ1) is 19.5. The molecule has 1 aliphatic rings. The van der Waals surface area contributed by atoms with E-state index in [1.807, 2.05) is 12.1 Å². The summed E-state index contributed by atoms with van der Waals surface area (Å²) in [6.07, 6.45) is 2.37. The van der Waals surface area contributed by atoms with Gasteiger partial charge in [-0.3, -0.25) is 9.59 Å². The van der Waals surface area contributed by atoms with Crippen LogP contribution in [-0.2, 0) is 0 Å². The zero-order valence-electron chi connectivity index (χ0n) is 15.8. The Hall–Kier alpha value is -2.30. The van der Waals surface area contributed by atoms with Gasteiger partial charge in [-0.1, -0.05) is 48.5 Å². The summed E-state index contributed by atoms with van der Waals surface area (Å²) < 4.78 is 0. The molecule has 2 aromatic rings. The van der Waals surface area contributed by atoms with E-state index in [-0.39, 0.29) is 17.5 Å². The molecule has 27 heavy (non-hydrogen) atoms. The maximum absolute atomic E-state index is 12.9. The molecular formula is C23H26O4. The lowest BCUT2D eigenvalue weighted by Crippen LogP contribution is -2.42. The van der Waals surface area contributed by atoms with Gasteiger partial charge >= 0.3 is 0 Å². The third kappa shape index (κ3) is 4.18. The van der Waals surface area contributed by atoms with Crippen LogP contribution in [0.2, 0.25) is 0 Å². The van der Waals surface area contributed by atoms with E-state index in [0.29, 0.717) is 24.0 Å². The summed E-state index contributed by atoms with van der Waals surface area (Å²) in [7, 11) is 0. The molecule has 1 fully saturated rings. The molecular weight excluding hydrogens is 340 g/mol. The Bertz CT molecular complexity index is 835. The van der Waals surface area contributed by atoms with Gasteiger partial charge in [-0.2, -0.15) is 0 Å². The second-order valence-corrected chi connectivity index (χ2v) is 8.03. The molecule has 0 saturated heterocycles. The van der Waals surface area contributed by atoms with Crippen LogP contribution in [0.25, 0.3) is 0 Å². The normalized spacial score (nSPS) is 23.0. The quantitative estimate of drug-likeness (QED) is 0.787. The van der Waals surface area contributed by atoms with Gasteiger partial charge in [0.05, 0.1) is 0 Å². The Morgan fingerprint density at radius 2 is 1.70 bits per heavy atom. The number of carbonyl (C=O) groups excluding carboxylic acids is 2.